The number of aliphatic hydroxyl groups is 1. The van der Waals surface area contributed by atoms with Crippen molar-refractivity contribution >= 4 is 29.0 Å². The van der Waals surface area contributed by atoms with Crippen LogP contribution in [0.1, 0.15) is 33.5 Å². The number of hydrogen-bond donors (Lipinski definition) is 1. The van der Waals surface area contributed by atoms with Gasteiger partial charge in [0.2, 0.25) is 0 Å². The van der Waals surface area contributed by atoms with Crippen LogP contribution >= 0.6 is 11.6 Å². The normalized spacial score (nSPS) is 18.0. The average molecular weight is 406 g/mol. The van der Waals surface area contributed by atoms with E-state index in [2.05, 4.69) is 0 Å². The van der Waals surface area contributed by atoms with E-state index in [4.69, 9.17) is 11.6 Å². The number of nitrogens with zero attached hydrogens (tertiary/aromatic N) is 1. The van der Waals surface area contributed by atoms with Crippen molar-refractivity contribution in [2.45, 2.75) is 25.5 Å². The van der Waals surface area contributed by atoms with Gasteiger partial charge in [-0.25, -0.2) is 0 Å². The summed E-state index contributed by atoms with van der Waals surface area (Å²) in [5.74, 6) is -0.813. The van der Waals surface area contributed by atoms with Crippen LogP contribution in [0, 0.1) is 6.92 Å². The van der Waals surface area contributed by atoms with Crippen LogP contribution in [-0.4, -0.2) is 16.8 Å². The fraction of sp³-hybridized carbons (Fsp3) is 0.167. The number of benzene rings is 3. The summed E-state index contributed by atoms with van der Waals surface area (Å²) in [5.41, 5.74) is 1.41. The highest BCUT2D eigenvalue weighted by atomic mass is 35.5. The van der Waals surface area contributed by atoms with Gasteiger partial charge in [-0.1, -0.05) is 71.8 Å². The maximum Gasteiger partial charge on any atom is 0.264 e. The van der Waals surface area contributed by atoms with Crippen molar-refractivity contribution < 1.29 is 14.7 Å². The summed E-state index contributed by atoms with van der Waals surface area (Å²) >= 11 is 6.15. The van der Waals surface area contributed by atoms with E-state index in [0.717, 1.165) is 11.1 Å². The second-order valence-corrected chi connectivity index (χ2v) is 7.80. The zero-order valence-corrected chi connectivity index (χ0v) is 16.7. The molecule has 3 aromatic carbocycles. The van der Waals surface area contributed by atoms with Gasteiger partial charge in [0.05, 0.1) is 18.7 Å². The molecule has 0 aromatic heterocycles. The summed E-state index contributed by atoms with van der Waals surface area (Å²) < 4.78 is 0. The number of Topliss-reactive ketones (excluding diaryl/α,β-unsaturated/α-hetero) is 1. The van der Waals surface area contributed by atoms with E-state index >= 15 is 0 Å². The quantitative estimate of drug-likeness (QED) is 0.628. The second kappa shape index (κ2) is 7.47. The van der Waals surface area contributed by atoms with Gasteiger partial charge in [0.15, 0.2) is 11.4 Å². The number of hydrogen-bond acceptors (Lipinski definition) is 3. The van der Waals surface area contributed by atoms with Gasteiger partial charge >= 0.3 is 0 Å². The second-order valence-electron chi connectivity index (χ2n) is 7.36. The van der Waals surface area contributed by atoms with Crippen molar-refractivity contribution in [1.82, 2.24) is 0 Å². The highest BCUT2D eigenvalue weighted by Crippen LogP contribution is 2.44. The fourth-order valence-corrected chi connectivity index (χ4v) is 3.86. The molecule has 0 spiro atoms. The van der Waals surface area contributed by atoms with Crippen molar-refractivity contribution in [3.8, 4) is 0 Å². The maximum absolute atomic E-state index is 13.3. The molecule has 1 aliphatic heterocycles. The van der Waals surface area contributed by atoms with Gasteiger partial charge in [-0.3, -0.25) is 9.59 Å². The van der Waals surface area contributed by atoms with Gasteiger partial charge in [0.25, 0.3) is 5.91 Å². The number of ketones is 1. The van der Waals surface area contributed by atoms with E-state index in [1.165, 1.54) is 4.90 Å². The minimum Gasteiger partial charge on any atom is -0.375 e. The van der Waals surface area contributed by atoms with Crippen molar-refractivity contribution in [2.75, 3.05) is 4.90 Å². The van der Waals surface area contributed by atoms with Crippen molar-refractivity contribution in [3.05, 3.63) is 100 Å². The predicted octanol–water partition coefficient (Wildman–Crippen LogP) is 4.66. The molecule has 0 fully saturated rings. The number of anilines is 1. The zero-order valence-electron chi connectivity index (χ0n) is 15.9. The molecular weight excluding hydrogens is 386 g/mol. The Morgan fingerprint density at radius 3 is 2.41 bits per heavy atom. The Morgan fingerprint density at radius 2 is 1.72 bits per heavy atom. The van der Waals surface area contributed by atoms with Gasteiger partial charge in [-0.2, -0.15) is 0 Å². The van der Waals surface area contributed by atoms with Crippen LogP contribution in [0.25, 0.3) is 0 Å². The minimum absolute atomic E-state index is 0.298. The first-order chi connectivity index (χ1) is 13.9. The average Bonchev–Trinajstić information content (AvgIpc) is 2.91. The summed E-state index contributed by atoms with van der Waals surface area (Å²) in [7, 11) is 0. The van der Waals surface area contributed by atoms with Gasteiger partial charge in [-0.15, -0.1) is 0 Å². The molecule has 4 rings (SSSR count). The van der Waals surface area contributed by atoms with Gasteiger partial charge in [0, 0.05) is 16.1 Å². The number of amides is 1. The molecule has 1 heterocycles. The van der Waals surface area contributed by atoms with Crippen LogP contribution in [0.4, 0.5) is 5.69 Å². The molecule has 0 saturated carbocycles. The third kappa shape index (κ3) is 3.57. The Kier molecular flexibility index (Phi) is 4.99. The number of halogens is 1. The Morgan fingerprint density at radius 1 is 1.03 bits per heavy atom. The van der Waals surface area contributed by atoms with Crippen LogP contribution in [-0.2, 0) is 16.9 Å². The summed E-state index contributed by atoms with van der Waals surface area (Å²) in [6.07, 6.45) is -0.340. The van der Waals surface area contributed by atoms with E-state index in [-0.39, 0.29) is 12.2 Å². The van der Waals surface area contributed by atoms with E-state index in [1.54, 1.807) is 30.3 Å². The number of rotatable bonds is 5. The van der Waals surface area contributed by atoms with Crippen molar-refractivity contribution in [2.24, 2.45) is 0 Å². The molecule has 0 unspecified atom stereocenters. The van der Waals surface area contributed by atoms with Crippen molar-refractivity contribution in [1.29, 1.82) is 0 Å². The van der Waals surface area contributed by atoms with Crippen LogP contribution in [0.3, 0.4) is 0 Å². The lowest BCUT2D eigenvalue weighted by Crippen LogP contribution is -2.41. The van der Waals surface area contributed by atoms with Gasteiger partial charge in [-0.05, 0) is 30.7 Å². The lowest BCUT2D eigenvalue weighted by molar-refractivity contribution is -0.136. The molecule has 29 heavy (non-hydrogen) atoms. The lowest BCUT2D eigenvalue weighted by Gasteiger charge is -2.23. The SMILES string of the molecule is Cc1ccc(C(=O)C[C@@]2(O)C(=O)N(Cc3ccccc3)c3ccc(Cl)cc32)cc1. The first-order valence-electron chi connectivity index (χ1n) is 9.37. The minimum atomic E-state index is -1.95. The van der Waals surface area contributed by atoms with Gasteiger partial charge < -0.3 is 10.0 Å². The first kappa shape index (κ1) is 19.4. The molecule has 3 aromatic rings. The van der Waals surface area contributed by atoms with Crippen LogP contribution in [0.5, 0.6) is 0 Å². The first-order valence-corrected chi connectivity index (χ1v) is 9.74. The molecule has 1 amide bonds. The van der Waals surface area contributed by atoms with E-state index in [1.807, 2.05) is 49.4 Å². The van der Waals surface area contributed by atoms with E-state index < -0.39 is 11.5 Å². The number of aryl methyl sites for hydroxylation is 1. The molecule has 5 heteroatoms. The maximum atomic E-state index is 13.3. The summed E-state index contributed by atoms with van der Waals surface area (Å²) in [6.45, 7) is 2.23. The van der Waals surface area contributed by atoms with Crippen LogP contribution in [0.15, 0.2) is 72.8 Å². The molecule has 0 aliphatic carbocycles. The largest absolute Gasteiger partial charge is 0.375 e. The summed E-state index contributed by atoms with van der Waals surface area (Å²) in [6, 6.07) is 21.6. The van der Waals surface area contributed by atoms with Crippen LogP contribution < -0.4 is 4.90 Å². The topological polar surface area (TPSA) is 57.6 Å². The third-order valence-corrected chi connectivity index (χ3v) is 5.50. The molecule has 0 bridgehead atoms. The monoisotopic (exact) mass is 405 g/mol. The molecular formula is C24H20ClNO3. The summed E-state index contributed by atoms with van der Waals surface area (Å²) in [5, 5.41) is 11.8. The Hall–Kier alpha value is -2.95. The summed E-state index contributed by atoms with van der Waals surface area (Å²) in [4.78, 5) is 27.7. The van der Waals surface area contributed by atoms with Gasteiger partial charge in [0.1, 0.15) is 0 Å². The van der Waals surface area contributed by atoms with Crippen molar-refractivity contribution in [3.63, 3.8) is 0 Å². The van der Waals surface area contributed by atoms with E-state index in [9.17, 15) is 14.7 Å². The molecule has 0 radical (unpaired) electrons. The number of fused-ring (bicyclic) bond motifs is 1. The Labute approximate surface area is 174 Å². The predicted molar refractivity (Wildman–Crippen MR) is 113 cm³/mol. The van der Waals surface area contributed by atoms with E-state index in [0.29, 0.717) is 28.4 Å². The number of carbonyl (C=O) groups excluding carboxylic acids is 2. The molecule has 1 aliphatic rings. The lowest BCUT2D eigenvalue weighted by atomic mass is 9.88. The molecule has 4 nitrogen and oxygen atoms in total. The number of carbonyl (C=O) groups is 2. The molecule has 1 atom stereocenters. The highest BCUT2D eigenvalue weighted by Gasteiger charge is 2.51. The Balaban J connectivity index is 1.71. The smallest absolute Gasteiger partial charge is 0.264 e. The fourth-order valence-electron chi connectivity index (χ4n) is 3.69. The highest BCUT2D eigenvalue weighted by molar-refractivity contribution is 6.31. The molecule has 1 N–H and O–H groups in total. The van der Waals surface area contributed by atoms with Crippen LogP contribution in [0.2, 0.25) is 5.02 Å². The standard InChI is InChI=1S/C24H20ClNO3/c1-16-7-9-18(10-8-16)22(27)14-24(29)20-13-19(25)11-12-21(20)26(23(24)28)15-17-5-3-2-4-6-17/h2-13,29H,14-15H2,1H3/t24-/m0/s1. The Bertz CT molecular complexity index is 1080. The zero-order chi connectivity index (χ0) is 20.6. The third-order valence-electron chi connectivity index (χ3n) is 5.27. The molecule has 0 saturated heterocycles. The molecule has 146 valence electrons.